The van der Waals surface area contributed by atoms with Crippen LogP contribution in [-0.2, 0) is 12.8 Å². The van der Waals surface area contributed by atoms with Crippen molar-refractivity contribution in [2.24, 2.45) is 0 Å². The fourth-order valence-corrected chi connectivity index (χ4v) is 4.02. The smallest absolute Gasteiger partial charge is 0.337 e. The number of carboxylic acid groups (broad SMARTS) is 1. The summed E-state index contributed by atoms with van der Waals surface area (Å²) in [6.07, 6.45) is 5.42. The zero-order chi connectivity index (χ0) is 22.8. The maximum absolute atomic E-state index is 11.4. The van der Waals surface area contributed by atoms with Crippen molar-refractivity contribution in [3.05, 3.63) is 89.5 Å². The molecule has 0 heterocycles. The quantitative estimate of drug-likeness (QED) is 0.327. The number of aryl methyl sites for hydroxylation is 2. The Kier molecular flexibility index (Phi) is 8.73. The predicted molar refractivity (Wildman–Crippen MR) is 134 cm³/mol. The molecule has 3 aromatic carbocycles. The average molecular weight is 431 g/mol. The molecular formula is C28H34N2O2. The van der Waals surface area contributed by atoms with Gasteiger partial charge in [-0.25, -0.2) is 4.79 Å². The summed E-state index contributed by atoms with van der Waals surface area (Å²) < 4.78 is 0. The van der Waals surface area contributed by atoms with Gasteiger partial charge in [0.25, 0.3) is 0 Å². The van der Waals surface area contributed by atoms with Crippen LogP contribution in [0.4, 0.5) is 17.1 Å². The van der Waals surface area contributed by atoms with Crippen molar-refractivity contribution in [1.29, 1.82) is 0 Å². The highest BCUT2D eigenvalue weighted by Gasteiger charge is 2.09. The van der Waals surface area contributed by atoms with Crippen LogP contribution in [0.1, 0.15) is 54.6 Å². The Balaban J connectivity index is 1.56. The van der Waals surface area contributed by atoms with E-state index in [4.69, 9.17) is 0 Å². The molecule has 0 atom stereocenters. The number of carboxylic acids is 1. The van der Waals surface area contributed by atoms with Crippen LogP contribution in [0.25, 0.3) is 0 Å². The Morgan fingerprint density at radius 2 is 1.53 bits per heavy atom. The van der Waals surface area contributed by atoms with E-state index in [9.17, 15) is 9.90 Å². The lowest BCUT2D eigenvalue weighted by atomic mass is 10.0. The second kappa shape index (κ2) is 11.9. The number of aromatic carboxylic acids is 1. The summed E-state index contributed by atoms with van der Waals surface area (Å²) in [5.74, 6) is -0.928. The number of nitrogens with one attached hydrogen (secondary N) is 1. The first-order valence-electron chi connectivity index (χ1n) is 11.6. The van der Waals surface area contributed by atoms with Gasteiger partial charge in [-0.2, -0.15) is 0 Å². The summed E-state index contributed by atoms with van der Waals surface area (Å²) in [7, 11) is 0. The molecule has 0 amide bonds. The molecule has 0 aliphatic carbocycles. The van der Waals surface area contributed by atoms with Crippen molar-refractivity contribution in [2.75, 3.05) is 23.3 Å². The number of para-hydroxylation sites is 1. The van der Waals surface area contributed by atoms with Gasteiger partial charge in [-0.05, 0) is 79.6 Å². The molecule has 0 saturated carbocycles. The van der Waals surface area contributed by atoms with Crippen LogP contribution in [-0.4, -0.2) is 24.2 Å². The topological polar surface area (TPSA) is 52.6 Å². The second-order valence-electron chi connectivity index (χ2n) is 8.18. The monoisotopic (exact) mass is 430 g/mol. The zero-order valence-corrected chi connectivity index (χ0v) is 19.2. The van der Waals surface area contributed by atoms with Gasteiger partial charge in [0, 0.05) is 24.5 Å². The van der Waals surface area contributed by atoms with Gasteiger partial charge >= 0.3 is 5.97 Å². The van der Waals surface area contributed by atoms with Gasteiger partial charge in [0.15, 0.2) is 0 Å². The Bertz CT molecular complexity index is 992. The Labute approximate surface area is 191 Å². The second-order valence-corrected chi connectivity index (χ2v) is 8.18. The van der Waals surface area contributed by atoms with Gasteiger partial charge in [0.2, 0.25) is 0 Å². The molecule has 0 fully saturated rings. The normalized spacial score (nSPS) is 10.7. The maximum Gasteiger partial charge on any atom is 0.337 e. The third-order valence-corrected chi connectivity index (χ3v) is 5.58. The molecule has 0 saturated heterocycles. The Morgan fingerprint density at radius 3 is 2.22 bits per heavy atom. The summed E-state index contributed by atoms with van der Waals surface area (Å²) in [5.41, 5.74) is 5.73. The van der Waals surface area contributed by atoms with E-state index >= 15 is 0 Å². The maximum atomic E-state index is 11.4. The van der Waals surface area contributed by atoms with E-state index in [1.165, 1.54) is 16.8 Å². The summed E-state index contributed by atoms with van der Waals surface area (Å²) in [6.45, 7) is 6.67. The molecule has 0 aromatic heterocycles. The lowest BCUT2D eigenvalue weighted by molar-refractivity contribution is 0.0698. The highest BCUT2D eigenvalue weighted by Crippen LogP contribution is 2.23. The first-order valence-corrected chi connectivity index (χ1v) is 11.6. The minimum absolute atomic E-state index is 0.276. The van der Waals surface area contributed by atoms with Gasteiger partial charge < -0.3 is 15.3 Å². The number of nitrogens with zero attached hydrogens (tertiary/aromatic N) is 1. The average Bonchev–Trinajstić information content (AvgIpc) is 2.80. The number of anilines is 3. The molecular weight excluding hydrogens is 396 g/mol. The largest absolute Gasteiger partial charge is 0.478 e. The number of rotatable bonds is 12. The molecule has 168 valence electrons. The molecule has 0 bridgehead atoms. The first kappa shape index (κ1) is 23.4. The summed E-state index contributed by atoms with van der Waals surface area (Å²) >= 11 is 0. The van der Waals surface area contributed by atoms with Crippen LogP contribution in [0.5, 0.6) is 0 Å². The van der Waals surface area contributed by atoms with Crippen LogP contribution in [0.15, 0.2) is 72.8 Å². The highest BCUT2D eigenvalue weighted by atomic mass is 16.4. The Hall–Kier alpha value is -3.27. The summed E-state index contributed by atoms with van der Waals surface area (Å²) in [6, 6.07) is 24.2. The van der Waals surface area contributed by atoms with Crippen molar-refractivity contribution in [3.8, 4) is 0 Å². The number of benzene rings is 3. The zero-order valence-electron chi connectivity index (χ0n) is 19.2. The van der Waals surface area contributed by atoms with Crippen LogP contribution in [0.2, 0.25) is 0 Å². The van der Waals surface area contributed by atoms with E-state index < -0.39 is 5.97 Å². The van der Waals surface area contributed by atoms with Gasteiger partial charge in [0.1, 0.15) is 0 Å². The minimum atomic E-state index is -0.928. The molecule has 0 aliphatic rings. The SMILES string of the molecule is CCCN(CCC)c1ccc(CCCc2cccc(Nc3ccccc3C(=O)O)c2)cc1. The summed E-state index contributed by atoms with van der Waals surface area (Å²) in [4.78, 5) is 13.9. The molecule has 0 aliphatic heterocycles. The van der Waals surface area contributed by atoms with E-state index in [-0.39, 0.29) is 5.56 Å². The molecule has 4 heteroatoms. The molecule has 0 spiro atoms. The fourth-order valence-electron chi connectivity index (χ4n) is 4.02. The van der Waals surface area contributed by atoms with Crippen LogP contribution in [0, 0.1) is 0 Å². The van der Waals surface area contributed by atoms with E-state index in [0.29, 0.717) is 5.69 Å². The lowest BCUT2D eigenvalue weighted by Gasteiger charge is -2.24. The molecule has 0 unspecified atom stereocenters. The van der Waals surface area contributed by atoms with E-state index in [0.717, 1.165) is 50.9 Å². The van der Waals surface area contributed by atoms with Gasteiger partial charge in [-0.15, -0.1) is 0 Å². The minimum Gasteiger partial charge on any atom is -0.478 e. The molecule has 4 nitrogen and oxygen atoms in total. The number of hydrogen-bond acceptors (Lipinski definition) is 3. The number of carbonyl (C=O) groups is 1. The van der Waals surface area contributed by atoms with Gasteiger partial charge in [-0.1, -0.05) is 50.2 Å². The molecule has 3 rings (SSSR count). The third kappa shape index (κ3) is 6.61. The van der Waals surface area contributed by atoms with Crippen molar-refractivity contribution in [1.82, 2.24) is 0 Å². The fraction of sp³-hybridized carbons (Fsp3) is 0.321. The van der Waals surface area contributed by atoms with Crippen LogP contribution in [0.3, 0.4) is 0 Å². The standard InChI is InChI=1S/C28H34N2O2/c1-3-19-30(20-4-2)25-17-15-22(16-18-25)9-7-10-23-11-8-12-24(21-23)29-27-14-6-5-13-26(27)28(31)32/h5-6,8,11-18,21,29H,3-4,7,9-10,19-20H2,1-2H3,(H,31,32). The molecule has 32 heavy (non-hydrogen) atoms. The van der Waals surface area contributed by atoms with Crippen molar-refractivity contribution in [2.45, 2.75) is 46.0 Å². The molecule has 2 N–H and O–H groups in total. The lowest BCUT2D eigenvalue weighted by Crippen LogP contribution is -2.24. The number of hydrogen-bond donors (Lipinski definition) is 2. The van der Waals surface area contributed by atoms with Crippen LogP contribution >= 0.6 is 0 Å². The van der Waals surface area contributed by atoms with Crippen LogP contribution < -0.4 is 10.2 Å². The van der Waals surface area contributed by atoms with Crippen molar-refractivity contribution >= 4 is 23.0 Å². The highest BCUT2D eigenvalue weighted by molar-refractivity contribution is 5.95. The van der Waals surface area contributed by atoms with E-state index in [1.54, 1.807) is 18.2 Å². The third-order valence-electron chi connectivity index (χ3n) is 5.58. The Morgan fingerprint density at radius 1 is 0.844 bits per heavy atom. The van der Waals surface area contributed by atoms with Gasteiger partial charge in [-0.3, -0.25) is 0 Å². The van der Waals surface area contributed by atoms with Gasteiger partial charge in [0.05, 0.1) is 11.3 Å². The molecule has 0 radical (unpaired) electrons. The van der Waals surface area contributed by atoms with E-state index in [1.807, 2.05) is 18.2 Å². The summed E-state index contributed by atoms with van der Waals surface area (Å²) in [5, 5.41) is 12.6. The van der Waals surface area contributed by atoms with Crippen molar-refractivity contribution < 1.29 is 9.90 Å². The molecule has 3 aromatic rings. The van der Waals surface area contributed by atoms with Crippen molar-refractivity contribution in [3.63, 3.8) is 0 Å². The first-order chi connectivity index (χ1) is 15.6. The predicted octanol–water partition coefficient (Wildman–Crippen LogP) is 6.93. The van der Waals surface area contributed by atoms with E-state index in [2.05, 4.69) is 60.5 Å².